The molecule has 0 bridgehead atoms. The molecular weight excluding hydrogens is 356 g/mol. The normalized spacial score (nSPS) is 12.3. The molecule has 144 valence electrons. The van der Waals surface area contributed by atoms with Crippen molar-refractivity contribution in [1.82, 2.24) is 5.27 Å². The predicted molar refractivity (Wildman–Crippen MR) is 105 cm³/mol. The van der Waals surface area contributed by atoms with Gasteiger partial charge in [-0.2, -0.15) is 0 Å². The number of amides is 1. The topological polar surface area (TPSA) is 71.5 Å². The molecule has 3 aromatic rings. The maximum absolute atomic E-state index is 12.7. The van der Waals surface area contributed by atoms with Gasteiger partial charge >= 0.3 is 11.6 Å². The first-order chi connectivity index (χ1) is 13.7. The highest BCUT2D eigenvalue weighted by molar-refractivity contribution is 6.04. The molecule has 1 aliphatic heterocycles. The van der Waals surface area contributed by atoms with Crippen molar-refractivity contribution in [3.63, 3.8) is 0 Å². The molecule has 0 fully saturated rings. The van der Waals surface area contributed by atoms with Gasteiger partial charge in [-0.15, -0.1) is 5.01 Å². The van der Waals surface area contributed by atoms with Crippen LogP contribution in [0.5, 0.6) is 5.75 Å². The SMILES string of the molecule is CCCCN1Cc2ccccc2-c2c(NC(=O)c3ccc(OC)cc3)on[n+]21. The summed E-state index contributed by atoms with van der Waals surface area (Å²) < 4.78 is 10.7. The van der Waals surface area contributed by atoms with E-state index >= 15 is 0 Å². The number of carbonyl (C=O) groups excluding carboxylic acids is 1. The number of carbonyl (C=O) groups is 1. The van der Waals surface area contributed by atoms with Gasteiger partial charge < -0.3 is 4.74 Å². The number of benzene rings is 2. The van der Waals surface area contributed by atoms with Crippen molar-refractivity contribution in [2.24, 2.45) is 0 Å². The Labute approximate surface area is 163 Å². The van der Waals surface area contributed by atoms with Gasteiger partial charge in [-0.3, -0.25) is 14.6 Å². The number of ether oxygens (including phenoxy) is 1. The van der Waals surface area contributed by atoms with Crippen molar-refractivity contribution < 1.29 is 18.8 Å². The number of methoxy groups -OCH3 is 1. The van der Waals surface area contributed by atoms with Crippen LogP contribution in [0.3, 0.4) is 0 Å². The van der Waals surface area contributed by atoms with Gasteiger partial charge in [0, 0.05) is 5.56 Å². The van der Waals surface area contributed by atoms with Gasteiger partial charge in [0.1, 0.15) is 12.3 Å². The maximum Gasteiger partial charge on any atom is 0.339 e. The standard InChI is InChI=1S/C21H22N4O3/c1-3-4-13-24-14-16-7-5-6-8-18(16)19-21(28-23-25(19)24)22-20(26)15-9-11-17(27-2)12-10-15/h5-12H,3-4,13-14H2,1-2H3/p+1. The lowest BCUT2D eigenvalue weighted by atomic mass is 10.0. The second kappa shape index (κ2) is 7.72. The fourth-order valence-corrected chi connectivity index (χ4v) is 3.34. The van der Waals surface area contributed by atoms with E-state index in [1.807, 2.05) is 18.2 Å². The average Bonchev–Trinajstić information content (AvgIpc) is 3.16. The quantitative estimate of drug-likeness (QED) is 0.666. The minimum atomic E-state index is -0.259. The van der Waals surface area contributed by atoms with Gasteiger partial charge in [-0.1, -0.05) is 31.5 Å². The Hall–Kier alpha value is -3.35. The zero-order valence-electron chi connectivity index (χ0n) is 16.0. The zero-order valence-corrected chi connectivity index (χ0v) is 16.0. The molecule has 1 N–H and O–H groups in total. The number of hydrogen-bond acceptors (Lipinski definition) is 5. The van der Waals surface area contributed by atoms with Gasteiger partial charge in [0.05, 0.1) is 24.0 Å². The molecule has 0 saturated carbocycles. The molecule has 28 heavy (non-hydrogen) atoms. The van der Waals surface area contributed by atoms with Crippen molar-refractivity contribution in [1.29, 1.82) is 0 Å². The van der Waals surface area contributed by atoms with Crippen molar-refractivity contribution in [3.8, 4) is 17.0 Å². The van der Waals surface area contributed by atoms with E-state index in [9.17, 15) is 4.79 Å². The molecule has 1 aromatic heterocycles. The number of nitrogens with zero attached hydrogens (tertiary/aromatic N) is 3. The summed E-state index contributed by atoms with van der Waals surface area (Å²) in [4.78, 5) is 14.5. The molecule has 7 heteroatoms. The number of aromatic nitrogens is 2. The summed E-state index contributed by atoms with van der Waals surface area (Å²) in [5, 5.41) is 9.19. The van der Waals surface area contributed by atoms with Crippen LogP contribution in [-0.2, 0) is 6.54 Å². The summed E-state index contributed by atoms with van der Waals surface area (Å²) in [6, 6.07) is 15.1. The summed E-state index contributed by atoms with van der Waals surface area (Å²) in [5.74, 6) is 0.782. The lowest BCUT2D eigenvalue weighted by molar-refractivity contribution is -0.752. The van der Waals surface area contributed by atoms with Gasteiger partial charge in [0.25, 0.3) is 5.91 Å². The smallest absolute Gasteiger partial charge is 0.339 e. The average molecular weight is 379 g/mol. The Morgan fingerprint density at radius 3 is 2.79 bits per heavy atom. The highest BCUT2D eigenvalue weighted by atomic mass is 16.5. The third-order valence-electron chi connectivity index (χ3n) is 4.87. The van der Waals surface area contributed by atoms with E-state index in [1.165, 1.54) is 5.56 Å². The van der Waals surface area contributed by atoms with Crippen LogP contribution in [0.15, 0.2) is 53.1 Å². The highest BCUT2D eigenvalue weighted by Gasteiger charge is 2.38. The molecule has 0 saturated heterocycles. The van der Waals surface area contributed by atoms with Crippen molar-refractivity contribution in [2.75, 3.05) is 24.0 Å². The van der Waals surface area contributed by atoms with Crippen molar-refractivity contribution >= 4 is 11.8 Å². The monoisotopic (exact) mass is 379 g/mol. The molecule has 0 spiro atoms. The number of unbranched alkanes of at least 4 members (excludes halogenated alkanes) is 1. The summed E-state index contributed by atoms with van der Waals surface area (Å²) in [6.45, 7) is 3.78. The third-order valence-corrected chi connectivity index (χ3v) is 4.87. The molecule has 0 atom stereocenters. The van der Waals surface area contributed by atoms with Crippen LogP contribution >= 0.6 is 0 Å². The molecule has 2 heterocycles. The fraction of sp³-hybridized carbons (Fsp3) is 0.286. The number of fused-ring (bicyclic) bond motifs is 3. The van der Waals surface area contributed by atoms with Crippen LogP contribution in [0.25, 0.3) is 11.3 Å². The van der Waals surface area contributed by atoms with Crippen LogP contribution in [0.1, 0.15) is 35.7 Å². The molecule has 0 unspecified atom stereocenters. The summed E-state index contributed by atoms with van der Waals surface area (Å²) >= 11 is 0. The second-order valence-corrected chi connectivity index (χ2v) is 6.72. The maximum atomic E-state index is 12.7. The van der Waals surface area contributed by atoms with Crippen LogP contribution < -0.4 is 19.9 Å². The van der Waals surface area contributed by atoms with E-state index in [0.29, 0.717) is 17.2 Å². The van der Waals surface area contributed by atoms with E-state index < -0.39 is 0 Å². The zero-order chi connectivity index (χ0) is 19.5. The minimum Gasteiger partial charge on any atom is -0.497 e. The van der Waals surface area contributed by atoms with Gasteiger partial charge in [0.2, 0.25) is 5.27 Å². The van der Waals surface area contributed by atoms with Crippen molar-refractivity contribution in [2.45, 2.75) is 26.3 Å². The Kier molecular flexibility index (Phi) is 4.97. The van der Waals surface area contributed by atoms with Gasteiger partial charge in [-0.05, 0) is 42.3 Å². The van der Waals surface area contributed by atoms with E-state index in [-0.39, 0.29) is 5.91 Å². The molecule has 0 aliphatic carbocycles. The van der Waals surface area contributed by atoms with Gasteiger partial charge in [0.15, 0.2) is 0 Å². The molecule has 7 nitrogen and oxygen atoms in total. The number of anilines is 1. The van der Waals surface area contributed by atoms with E-state index in [0.717, 1.165) is 37.2 Å². The summed E-state index contributed by atoms with van der Waals surface area (Å²) in [7, 11) is 1.59. The number of hydrogen-bond donors (Lipinski definition) is 1. The Bertz CT molecular complexity index is 982. The van der Waals surface area contributed by atoms with E-state index in [1.54, 1.807) is 36.2 Å². The summed E-state index contributed by atoms with van der Waals surface area (Å²) in [6.07, 6.45) is 2.14. The number of rotatable bonds is 6. The molecular formula is C21H23N4O3+. The molecule has 0 radical (unpaired) electrons. The highest BCUT2D eigenvalue weighted by Crippen LogP contribution is 2.31. The fourth-order valence-electron chi connectivity index (χ4n) is 3.34. The lowest BCUT2D eigenvalue weighted by Gasteiger charge is -2.20. The first kappa shape index (κ1) is 18.0. The lowest BCUT2D eigenvalue weighted by Crippen LogP contribution is -2.61. The Morgan fingerprint density at radius 2 is 2.04 bits per heavy atom. The van der Waals surface area contributed by atoms with Crippen LogP contribution in [0, 0.1) is 0 Å². The van der Waals surface area contributed by atoms with E-state index in [4.69, 9.17) is 9.26 Å². The van der Waals surface area contributed by atoms with E-state index in [2.05, 4.69) is 28.6 Å². The van der Waals surface area contributed by atoms with Crippen LogP contribution in [0.4, 0.5) is 5.88 Å². The summed E-state index contributed by atoms with van der Waals surface area (Å²) in [5.41, 5.74) is 3.48. The van der Waals surface area contributed by atoms with Crippen molar-refractivity contribution in [3.05, 3.63) is 59.7 Å². The Balaban J connectivity index is 1.66. The number of nitrogens with one attached hydrogen (secondary N) is 1. The molecule has 2 aromatic carbocycles. The first-order valence-corrected chi connectivity index (χ1v) is 9.42. The molecule has 4 rings (SSSR count). The molecule has 1 amide bonds. The first-order valence-electron chi connectivity index (χ1n) is 9.42. The second-order valence-electron chi connectivity index (χ2n) is 6.72. The minimum absolute atomic E-state index is 0.259. The van der Waals surface area contributed by atoms with Gasteiger partial charge in [-0.25, -0.2) is 0 Å². The predicted octanol–water partition coefficient (Wildman–Crippen LogP) is 3.14. The molecule has 1 aliphatic rings. The third kappa shape index (κ3) is 3.31. The van der Waals surface area contributed by atoms with Crippen LogP contribution in [0.2, 0.25) is 0 Å². The Morgan fingerprint density at radius 1 is 1.25 bits per heavy atom. The van der Waals surface area contributed by atoms with Crippen LogP contribution in [-0.4, -0.2) is 24.8 Å². The largest absolute Gasteiger partial charge is 0.497 e.